The van der Waals surface area contributed by atoms with E-state index in [1.165, 1.54) is 0 Å². The first kappa shape index (κ1) is 17.9. The zero-order valence-corrected chi connectivity index (χ0v) is 14.6. The first-order chi connectivity index (χ1) is 12.5. The number of hydrogen-bond donors (Lipinski definition) is 3. The zero-order chi connectivity index (χ0) is 18.7. The minimum Gasteiger partial charge on any atom is -0.352 e. The van der Waals surface area contributed by atoms with Crippen LogP contribution in [0.1, 0.15) is 42.9 Å². The third-order valence-electron chi connectivity index (χ3n) is 4.52. The van der Waals surface area contributed by atoms with E-state index in [4.69, 9.17) is 0 Å². The Kier molecular flexibility index (Phi) is 5.20. The number of nitrogens with one attached hydrogen (secondary N) is 3. The van der Waals surface area contributed by atoms with Gasteiger partial charge in [0.05, 0.1) is 6.42 Å². The molecule has 0 aliphatic carbocycles. The van der Waals surface area contributed by atoms with Crippen LogP contribution in [0.15, 0.2) is 18.2 Å². The molecule has 0 radical (unpaired) electrons. The molecule has 0 unspecified atom stereocenters. The van der Waals surface area contributed by atoms with Crippen LogP contribution < -0.4 is 16.0 Å². The van der Waals surface area contributed by atoms with E-state index in [1.807, 2.05) is 25.1 Å². The second-order valence-corrected chi connectivity index (χ2v) is 6.60. The molecule has 8 heteroatoms. The number of nitrogens with zero attached hydrogens (tertiary/aromatic N) is 1. The maximum atomic E-state index is 12.6. The lowest BCUT2D eigenvalue weighted by Crippen LogP contribution is -2.57. The highest BCUT2D eigenvalue weighted by Gasteiger charge is 2.34. The number of hydrogen-bond acceptors (Lipinski definition) is 4. The molecule has 2 aliphatic heterocycles. The quantitative estimate of drug-likeness (QED) is 0.714. The SMILES string of the molecule is CCCC(=O)NCc1ccc2c(c1)CN(C(=O)[C@@H]1CC(=O)NC(=O)N1)C2. The smallest absolute Gasteiger partial charge is 0.322 e. The highest BCUT2D eigenvalue weighted by Crippen LogP contribution is 2.25. The Labute approximate surface area is 151 Å². The number of urea groups is 1. The summed E-state index contributed by atoms with van der Waals surface area (Å²) in [6.45, 7) is 3.29. The van der Waals surface area contributed by atoms with Crippen LogP contribution in [-0.2, 0) is 34.0 Å². The first-order valence-corrected chi connectivity index (χ1v) is 8.72. The van der Waals surface area contributed by atoms with Crippen LogP contribution in [0.4, 0.5) is 4.79 Å². The number of benzene rings is 1. The Morgan fingerprint density at radius 1 is 1.23 bits per heavy atom. The summed E-state index contributed by atoms with van der Waals surface area (Å²) in [4.78, 5) is 48.7. The molecule has 8 nitrogen and oxygen atoms in total. The van der Waals surface area contributed by atoms with Gasteiger partial charge in [-0.3, -0.25) is 19.7 Å². The van der Waals surface area contributed by atoms with Crippen molar-refractivity contribution >= 4 is 23.8 Å². The molecule has 0 bridgehead atoms. The molecule has 1 saturated heterocycles. The van der Waals surface area contributed by atoms with E-state index in [0.29, 0.717) is 26.1 Å². The molecule has 3 rings (SSSR count). The summed E-state index contributed by atoms with van der Waals surface area (Å²) in [6.07, 6.45) is 1.27. The van der Waals surface area contributed by atoms with Gasteiger partial charge in [-0.1, -0.05) is 25.1 Å². The maximum absolute atomic E-state index is 12.6. The molecule has 5 amide bonds. The summed E-state index contributed by atoms with van der Waals surface area (Å²) in [5.74, 6) is -0.688. The van der Waals surface area contributed by atoms with Gasteiger partial charge in [-0.05, 0) is 23.1 Å². The van der Waals surface area contributed by atoms with Crippen LogP contribution >= 0.6 is 0 Å². The zero-order valence-electron chi connectivity index (χ0n) is 14.6. The highest BCUT2D eigenvalue weighted by molar-refractivity contribution is 6.02. The molecule has 26 heavy (non-hydrogen) atoms. The van der Waals surface area contributed by atoms with Gasteiger partial charge in [0.15, 0.2) is 0 Å². The van der Waals surface area contributed by atoms with Gasteiger partial charge in [0.2, 0.25) is 17.7 Å². The molecule has 1 aromatic rings. The largest absolute Gasteiger partial charge is 0.352 e. The predicted octanol–water partition coefficient (Wildman–Crippen LogP) is 0.543. The Balaban J connectivity index is 1.61. The molecule has 2 heterocycles. The molecular formula is C18H22N4O4. The third kappa shape index (κ3) is 4.01. The Hall–Kier alpha value is -2.90. The minimum atomic E-state index is -0.821. The fourth-order valence-electron chi connectivity index (χ4n) is 3.21. The van der Waals surface area contributed by atoms with Gasteiger partial charge < -0.3 is 15.5 Å². The van der Waals surface area contributed by atoms with E-state index >= 15 is 0 Å². The van der Waals surface area contributed by atoms with Gasteiger partial charge in [-0.2, -0.15) is 0 Å². The molecule has 3 N–H and O–H groups in total. The van der Waals surface area contributed by atoms with Crippen molar-refractivity contribution < 1.29 is 19.2 Å². The van der Waals surface area contributed by atoms with Crippen molar-refractivity contribution in [2.24, 2.45) is 0 Å². The molecule has 2 aliphatic rings. The number of carbonyl (C=O) groups is 4. The number of carbonyl (C=O) groups excluding carboxylic acids is 4. The Morgan fingerprint density at radius 3 is 2.73 bits per heavy atom. The average Bonchev–Trinajstić information content (AvgIpc) is 3.02. The van der Waals surface area contributed by atoms with Crippen molar-refractivity contribution in [2.75, 3.05) is 0 Å². The van der Waals surface area contributed by atoms with E-state index in [9.17, 15) is 19.2 Å². The van der Waals surface area contributed by atoms with Crippen molar-refractivity contribution in [3.63, 3.8) is 0 Å². The fraction of sp³-hybridized carbons (Fsp3) is 0.444. The topological polar surface area (TPSA) is 108 Å². The van der Waals surface area contributed by atoms with E-state index in [-0.39, 0.29) is 18.2 Å². The molecule has 1 atom stereocenters. The molecule has 1 aromatic carbocycles. The van der Waals surface area contributed by atoms with Gasteiger partial charge in [-0.25, -0.2) is 4.79 Å². The van der Waals surface area contributed by atoms with E-state index < -0.39 is 18.0 Å². The van der Waals surface area contributed by atoms with Crippen molar-refractivity contribution in [3.05, 3.63) is 34.9 Å². The van der Waals surface area contributed by atoms with Gasteiger partial charge in [0.1, 0.15) is 6.04 Å². The lowest BCUT2D eigenvalue weighted by Gasteiger charge is -2.26. The molecule has 0 spiro atoms. The number of imide groups is 1. The van der Waals surface area contributed by atoms with Crippen LogP contribution in [0.25, 0.3) is 0 Å². The van der Waals surface area contributed by atoms with Gasteiger partial charge >= 0.3 is 6.03 Å². The lowest BCUT2D eigenvalue weighted by atomic mass is 10.1. The van der Waals surface area contributed by atoms with E-state index in [1.54, 1.807) is 4.90 Å². The second-order valence-electron chi connectivity index (χ2n) is 6.60. The van der Waals surface area contributed by atoms with Crippen LogP contribution in [0.5, 0.6) is 0 Å². The fourth-order valence-corrected chi connectivity index (χ4v) is 3.21. The number of rotatable bonds is 5. The van der Waals surface area contributed by atoms with Crippen LogP contribution in [0, 0.1) is 0 Å². The molecule has 0 aromatic heterocycles. The summed E-state index contributed by atoms with van der Waals surface area (Å²) >= 11 is 0. The Morgan fingerprint density at radius 2 is 2.00 bits per heavy atom. The predicted molar refractivity (Wildman–Crippen MR) is 92.5 cm³/mol. The number of fused-ring (bicyclic) bond motifs is 1. The van der Waals surface area contributed by atoms with E-state index in [2.05, 4.69) is 16.0 Å². The van der Waals surface area contributed by atoms with Crippen LogP contribution in [0.2, 0.25) is 0 Å². The monoisotopic (exact) mass is 358 g/mol. The van der Waals surface area contributed by atoms with E-state index in [0.717, 1.165) is 23.1 Å². The normalized spacial score (nSPS) is 18.8. The van der Waals surface area contributed by atoms with Gasteiger partial charge in [-0.15, -0.1) is 0 Å². The molecule has 1 fully saturated rings. The standard InChI is InChI=1S/C18H22N4O4/c1-2-3-15(23)19-8-11-4-5-12-9-22(10-13(12)6-11)17(25)14-7-16(24)21-18(26)20-14/h4-6,14H,2-3,7-10H2,1H3,(H,19,23)(H2,20,21,24,26)/t14-/m0/s1. The summed E-state index contributed by atoms with van der Waals surface area (Å²) in [7, 11) is 0. The second kappa shape index (κ2) is 7.55. The Bertz CT molecular complexity index is 746. The van der Waals surface area contributed by atoms with Crippen molar-refractivity contribution in [2.45, 2.75) is 51.9 Å². The molecule has 0 saturated carbocycles. The summed E-state index contributed by atoms with van der Waals surface area (Å²) in [5, 5.41) is 7.49. The van der Waals surface area contributed by atoms with Crippen molar-refractivity contribution in [1.29, 1.82) is 0 Å². The summed E-state index contributed by atoms with van der Waals surface area (Å²) < 4.78 is 0. The summed E-state index contributed by atoms with van der Waals surface area (Å²) in [6, 6.07) is 4.42. The van der Waals surface area contributed by atoms with Gasteiger partial charge in [0.25, 0.3) is 0 Å². The van der Waals surface area contributed by atoms with Crippen molar-refractivity contribution in [1.82, 2.24) is 20.9 Å². The van der Waals surface area contributed by atoms with Gasteiger partial charge in [0, 0.05) is 26.1 Å². The first-order valence-electron chi connectivity index (χ1n) is 8.72. The molecule has 138 valence electrons. The van der Waals surface area contributed by atoms with Crippen LogP contribution in [0.3, 0.4) is 0 Å². The van der Waals surface area contributed by atoms with Crippen molar-refractivity contribution in [3.8, 4) is 0 Å². The average molecular weight is 358 g/mol. The third-order valence-corrected chi connectivity index (χ3v) is 4.52. The minimum absolute atomic E-state index is 0.0242. The lowest BCUT2D eigenvalue weighted by molar-refractivity contribution is -0.137. The van der Waals surface area contributed by atoms with Crippen LogP contribution in [-0.4, -0.2) is 34.7 Å². The summed E-state index contributed by atoms with van der Waals surface area (Å²) in [5.41, 5.74) is 3.04. The molecular weight excluding hydrogens is 336 g/mol. The highest BCUT2D eigenvalue weighted by atomic mass is 16.2. The number of amides is 5. The maximum Gasteiger partial charge on any atom is 0.322 e.